The van der Waals surface area contributed by atoms with Crippen molar-refractivity contribution in [3.05, 3.63) is 25.5 Å². The SMILES string of the molecule is C=COC(C)(C)[B]OC(=O)C=C. The summed E-state index contributed by atoms with van der Waals surface area (Å²) >= 11 is 0. The Morgan fingerprint density at radius 2 is 2.08 bits per heavy atom. The first-order valence-electron chi connectivity index (χ1n) is 3.48. The Morgan fingerprint density at radius 1 is 1.50 bits per heavy atom. The quantitative estimate of drug-likeness (QED) is 0.351. The molecule has 0 aromatic carbocycles. The summed E-state index contributed by atoms with van der Waals surface area (Å²) in [7, 11) is 1.29. The average molecular weight is 167 g/mol. The second-order valence-electron chi connectivity index (χ2n) is 2.65. The highest BCUT2D eigenvalue weighted by Crippen LogP contribution is 2.07. The van der Waals surface area contributed by atoms with E-state index < -0.39 is 11.5 Å². The molecule has 0 spiro atoms. The van der Waals surface area contributed by atoms with Gasteiger partial charge in [0.15, 0.2) is 0 Å². The third-order valence-electron chi connectivity index (χ3n) is 1.01. The van der Waals surface area contributed by atoms with Crippen LogP contribution in [0.15, 0.2) is 25.5 Å². The van der Waals surface area contributed by atoms with E-state index in [1.807, 2.05) is 0 Å². The van der Waals surface area contributed by atoms with Gasteiger partial charge in [0.25, 0.3) is 0 Å². The third-order valence-corrected chi connectivity index (χ3v) is 1.01. The van der Waals surface area contributed by atoms with Crippen molar-refractivity contribution in [1.29, 1.82) is 0 Å². The summed E-state index contributed by atoms with van der Waals surface area (Å²) in [6.07, 6.45) is 2.37. The smallest absolute Gasteiger partial charge is 0.422 e. The zero-order valence-electron chi connectivity index (χ0n) is 7.37. The number of hydrogen-bond acceptors (Lipinski definition) is 3. The maximum atomic E-state index is 10.6. The van der Waals surface area contributed by atoms with Crippen molar-refractivity contribution < 1.29 is 14.2 Å². The second kappa shape index (κ2) is 4.64. The molecule has 3 nitrogen and oxygen atoms in total. The molecule has 0 fully saturated rings. The standard InChI is InChI=1S/C8H12BO3/c1-5-7(10)12-9-8(3,4)11-6-2/h5-6H,1-2H2,3-4H3. The molecule has 0 aromatic heterocycles. The summed E-state index contributed by atoms with van der Waals surface area (Å²) in [4.78, 5) is 10.6. The van der Waals surface area contributed by atoms with Crippen LogP contribution in [0.25, 0.3) is 0 Å². The number of ether oxygens (including phenoxy) is 1. The molecule has 0 aliphatic rings. The van der Waals surface area contributed by atoms with Crippen LogP contribution >= 0.6 is 0 Å². The van der Waals surface area contributed by atoms with Gasteiger partial charge >= 0.3 is 13.5 Å². The van der Waals surface area contributed by atoms with Crippen molar-refractivity contribution in [2.75, 3.05) is 0 Å². The Hall–Kier alpha value is -1.19. The normalized spacial score (nSPS) is 9.83. The summed E-state index contributed by atoms with van der Waals surface area (Å²) in [6, 6.07) is 0. The molecule has 0 bridgehead atoms. The van der Waals surface area contributed by atoms with Gasteiger partial charge in [0.2, 0.25) is 0 Å². The molecule has 0 amide bonds. The lowest BCUT2D eigenvalue weighted by Gasteiger charge is -2.20. The minimum atomic E-state index is -0.652. The largest absolute Gasteiger partial charge is 0.531 e. The molecule has 0 rings (SSSR count). The van der Waals surface area contributed by atoms with Gasteiger partial charge in [-0.2, -0.15) is 0 Å². The maximum Gasteiger partial charge on any atom is 0.422 e. The van der Waals surface area contributed by atoms with Crippen molar-refractivity contribution in [3.8, 4) is 0 Å². The molecule has 0 unspecified atom stereocenters. The third kappa shape index (κ3) is 4.60. The fourth-order valence-corrected chi connectivity index (χ4v) is 0.491. The fourth-order valence-electron chi connectivity index (χ4n) is 0.491. The van der Waals surface area contributed by atoms with Gasteiger partial charge in [0, 0.05) is 6.08 Å². The van der Waals surface area contributed by atoms with Gasteiger partial charge in [0.05, 0.1) is 6.26 Å². The van der Waals surface area contributed by atoms with Crippen LogP contribution in [0, 0.1) is 0 Å². The van der Waals surface area contributed by atoms with E-state index in [0.717, 1.165) is 6.08 Å². The van der Waals surface area contributed by atoms with Crippen LogP contribution in [0.5, 0.6) is 0 Å². The van der Waals surface area contributed by atoms with Gasteiger partial charge in [-0.3, -0.25) is 0 Å². The van der Waals surface area contributed by atoms with Crippen LogP contribution in [0.4, 0.5) is 0 Å². The number of rotatable bonds is 5. The van der Waals surface area contributed by atoms with Gasteiger partial charge in [-0.1, -0.05) is 13.2 Å². The Balaban J connectivity index is 3.81. The van der Waals surface area contributed by atoms with Crippen molar-refractivity contribution in [2.24, 2.45) is 0 Å². The molecule has 0 aromatic rings. The van der Waals surface area contributed by atoms with E-state index in [9.17, 15) is 4.79 Å². The lowest BCUT2D eigenvalue weighted by Crippen LogP contribution is -2.33. The van der Waals surface area contributed by atoms with Crippen molar-refractivity contribution in [3.63, 3.8) is 0 Å². The Morgan fingerprint density at radius 3 is 2.50 bits per heavy atom. The first kappa shape index (κ1) is 10.8. The first-order valence-corrected chi connectivity index (χ1v) is 3.48. The van der Waals surface area contributed by atoms with E-state index >= 15 is 0 Å². The highest BCUT2D eigenvalue weighted by atomic mass is 16.5. The lowest BCUT2D eigenvalue weighted by molar-refractivity contribution is -0.129. The Labute approximate surface area is 73.3 Å². The zero-order valence-corrected chi connectivity index (χ0v) is 7.37. The van der Waals surface area contributed by atoms with Crippen LogP contribution < -0.4 is 0 Å². The van der Waals surface area contributed by atoms with Crippen LogP contribution in [0.1, 0.15) is 13.8 Å². The molecule has 0 atom stereocenters. The van der Waals surface area contributed by atoms with Crippen LogP contribution in [0.3, 0.4) is 0 Å². The van der Waals surface area contributed by atoms with E-state index in [1.54, 1.807) is 13.8 Å². The van der Waals surface area contributed by atoms with Crippen molar-refractivity contribution in [2.45, 2.75) is 19.3 Å². The van der Waals surface area contributed by atoms with Crippen molar-refractivity contribution >= 4 is 13.5 Å². The molecule has 1 radical (unpaired) electrons. The Kier molecular flexibility index (Phi) is 4.19. The van der Waals surface area contributed by atoms with Crippen LogP contribution in [-0.2, 0) is 14.2 Å². The van der Waals surface area contributed by atoms with Crippen molar-refractivity contribution in [1.82, 2.24) is 0 Å². The van der Waals surface area contributed by atoms with E-state index in [1.165, 1.54) is 13.7 Å². The minimum Gasteiger partial charge on any atom is -0.531 e. The Bertz CT molecular complexity index is 187. The maximum absolute atomic E-state index is 10.6. The number of carbonyl (C=O) groups is 1. The second-order valence-corrected chi connectivity index (χ2v) is 2.65. The molecule has 0 heterocycles. The predicted octanol–water partition coefficient (Wildman–Crippen LogP) is 1.23. The summed E-state index contributed by atoms with van der Waals surface area (Å²) < 4.78 is 9.67. The molecular formula is C8H12BO3. The van der Waals surface area contributed by atoms with E-state index in [0.29, 0.717) is 0 Å². The molecule has 0 aliphatic carbocycles. The molecule has 12 heavy (non-hydrogen) atoms. The zero-order chi connectivity index (χ0) is 9.61. The van der Waals surface area contributed by atoms with Gasteiger partial charge in [-0.15, -0.1) is 0 Å². The number of carbonyl (C=O) groups excluding carboxylic acids is 1. The lowest BCUT2D eigenvalue weighted by atomic mass is 9.78. The average Bonchev–Trinajstić information content (AvgIpc) is 2.00. The fraction of sp³-hybridized carbons (Fsp3) is 0.375. The highest BCUT2D eigenvalue weighted by Gasteiger charge is 2.23. The minimum absolute atomic E-state index is 0.504. The van der Waals surface area contributed by atoms with Gasteiger partial charge in [0.1, 0.15) is 5.50 Å². The van der Waals surface area contributed by atoms with E-state index in [4.69, 9.17) is 4.74 Å². The predicted molar refractivity (Wildman–Crippen MR) is 47.4 cm³/mol. The molecule has 0 saturated heterocycles. The molecular weight excluding hydrogens is 155 g/mol. The van der Waals surface area contributed by atoms with E-state index in [2.05, 4.69) is 17.8 Å². The molecule has 0 N–H and O–H groups in total. The topological polar surface area (TPSA) is 35.5 Å². The molecule has 4 heteroatoms. The van der Waals surface area contributed by atoms with Crippen LogP contribution in [0.2, 0.25) is 0 Å². The van der Waals surface area contributed by atoms with Gasteiger partial charge in [-0.25, -0.2) is 4.79 Å². The van der Waals surface area contributed by atoms with Gasteiger partial charge in [-0.05, 0) is 13.8 Å². The number of hydrogen-bond donors (Lipinski definition) is 0. The monoisotopic (exact) mass is 167 g/mol. The molecule has 65 valence electrons. The summed E-state index contributed by atoms with van der Waals surface area (Å²) in [6.45, 7) is 10.1. The summed E-state index contributed by atoms with van der Waals surface area (Å²) in [5.74, 6) is -0.504. The molecule has 0 aliphatic heterocycles. The molecule has 0 saturated carbocycles. The van der Waals surface area contributed by atoms with Gasteiger partial charge < -0.3 is 9.39 Å². The van der Waals surface area contributed by atoms with E-state index in [-0.39, 0.29) is 0 Å². The highest BCUT2D eigenvalue weighted by molar-refractivity contribution is 6.34. The summed E-state index contributed by atoms with van der Waals surface area (Å²) in [5.41, 5.74) is -0.652. The summed E-state index contributed by atoms with van der Waals surface area (Å²) in [5, 5.41) is 0. The first-order chi connectivity index (χ1) is 5.52. The van der Waals surface area contributed by atoms with Crippen LogP contribution in [-0.4, -0.2) is 19.0 Å².